The third kappa shape index (κ3) is 5.02. The monoisotopic (exact) mass is 268 g/mol. The first kappa shape index (κ1) is 14.3. The summed E-state index contributed by atoms with van der Waals surface area (Å²) in [6.07, 6.45) is 3.98. The molecule has 1 rings (SSSR count). The maximum absolute atomic E-state index is 11.0. The van der Waals surface area contributed by atoms with Crippen molar-refractivity contribution in [1.29, 1.82) is 0 Å². The van der Waals surface area contributed by atoms with Gasteiger partial charge >= 0.3 is 0 Å². The van der Waals surface area contributed by atoms with Gasteiger partial charge in [0.05, 0.1) is 18.5 Å². The molecule has 5 heteroatoms. The van der Waals surface area contributed by atoms with Gasteiger partial charge in [0, 0.05) is 16.1 Å². The Hall–Kier alpha value is 0.200. The molecule has 0 aromatic carbocycles. The van der Waals surface area contributed by atoms with Gasteiger partial charge in [-0.2, -0.15) is 0 Å². The molecular formula is C11H21ClO3S. The van der Waals surface area contributed by atoms with Gasteiger partial charge < -0.3 is 4.74 Å². The fraction of sp³-hybridized carbons (Fsp3) is 1.00. The van der Waals surface area contributed by atoms with Crippen LogP contribution in [0.3, 0.4) is 0 Å². The summed E-state index contributed by atoms with van der Waals surface area (Å²) >= 11 is 0. The quantitative estimate of drug-likeness (QED) is 0.696. The van der Waals surface area contributed by atoms with Crippen molar-refractivity contribution in [2.45, 2.75) is 46.1 Å². The lowest BCUT2D eigenvalue weighted by atomic mass is 9.81. The smallest absolute Gasteiger partial charge is 0.233 e. The minimum Gasteiger partial charge on any atom is -0.378 e. The highest BCUT2D eigenvalue weighted by Gasteiger charge is 2.29. The molecule has 0 N–H and O–H groups in total. The highest BCUT2D eigenvalue weighted by molar-refractivity contribution is 8.13. The van der Waals surface area contributed by atoms with Crippen LogP contribution in [0, 0.1) is 11.3 Å². The van der Waals surface area contributed by atoms with E-state index in [1.807, 2.05) is 13.8 Å². The van der Waals surface area contributed by atoms with Gasteiger partial charge in [-0.3, -0.25) is 0 Å². The van der Waals surface area contributed by atoms with Crippen LogP contribution in [0.5, 0.6) is 0 Å². The third-order valence-corrected chi connectivity index (χ3v) is 4.57. The first-order valence-electron chi connectivity index (χ1n) is 5.73. The zero-order valence-corrected chi connectivity index (χ0v) is 11.8. The zero-order valence-electron chi connectivity index (χ0n) is 10.2. The highest BCUT2D eigenvalue weighted by Crippen LogP contribution is 2.32. The number of hydrogen-bond acceptors (Lipinski definition) is 3. The molecule has 0 aromatic rings. The summed E-state index contributed by atoms with van der Waals surface area (Å²) in [4.78, 5) is 0. The highest BCUT2D eigenvalue weighted by atomic mass is 35.7. The largest absolute Gasteiger partial charge is 0.378 e. The molecule has 1 aliphatic carbocycles. The second-order valence-electron chi connectivity index (χ2n) is 5.55. The van der Waals surface area contributed by atoms with Gasteiger partial charge in [0.1, 0.15) is 0 Å². The van der Waals surface area contributed by atoms with E-state index in [0.29, 0.717) is 12.5 Å². The summed E-state index contributed by atoms with van der Waals surface area (Å²) < 4.78 is 27.7. The third-order valence-electron chi connectivity index (χ3n) is 3.11. The van der Waals surface area contributed by atoms with Crippen LogP contribution in [0.2, 0.25) is 0 Å². The molecule has 96 valence electrons. The molecule has 0 radical (unpaired) electrons. The maximum atomic E-state index is 11.0. The molecule has 0 saturated heterocycles. The number of hydrogen-bond donors (Lipinski definition) is 0. The van der Waals surface area contributed by atoms with E-state index in [1.165, 1.54) is 19.3 Å². The molecule has 0 aromatic heterocycles. The molecular weight excluding hydrogens is 248 g/mol. The van der Waals surface area contributed by atoms with Crippen molar-refractivity contribution < 1.29 is 13.2 Å². The van der Waals surface area contributed by atoms with E-state index in [-0.39, 0.29) is 11.9 Å². The predicted octanol–water partition coefficient (Wildman–Crippen LogP) is 2.79. The Morgan fingerprint density at radius 3 is 2.38 bits per heavy atom. The van der Waals surface area contributed by atoms with Gasteiger partial charge in [-0.1, -0.05) is 20.3 Å². The Bertz CT molecular complexity index is 320. The molecule has 1 atom stereocenters. The van der Waals surface area contributed by atoms with Crippen LogP contribution >= 0.6 is 10.7 Å². The maximum Gasteiger partial charge on any atom is 0.233 e. The SMILES string of the molecule is CC(OCC(C)(C)CS(=O)(=O)Cl)C1CCC1. The van der Waals surface area contributed by atoms with Gasteiger partial charge in [-0.05, 0) is 25.7 Å². The van der Waals surface area contributed by atoms with Crippen molar-refractivity contribution in [2.24, 2.45) is 11.3 Å². The summed E-state index contributed by atoms with van der Waals surface area (Å²) in [5, 5.41) is 0. The van der Waals surface area contributed by atoms with Crippen LogP contribution in [-0.4, -0.2) is 26.9 Å². The van der Waals surface area contributed by atoms with Crippen molar-refractivity contribution in [3.63, 3.8) is 0 Å². The Morgan fingerprint density at radius 1 is 1.44 bits per heavy atom. The minimum atomic E-state index is -3.45. The second-order valence-corrected chi connectivity index (χ2v) is 8.33. The Labute approximate surface area is 103 Å². The Morgan fingerprint density at radius 2 is 2.00 bits per heavy atom. The number of halogens is 1. The van der Waals surface area contributed by atoms with Crippen molar-refractivity contribution in [3.8, 4) is 0 Å². The van der Waals surface area contributed by atoms with E-state index < -0.39 is 14.5 Å². The van der Waals surface area contributed by atoms with Crippen LogP contribution in [0.15, 0.2) is 0 Å². The van der Waals surface area contributed by atoms with E-state index in [4.69, 9.17) is 15.4 Å². The summed E-state index contributed by atoms with van der Waals surface area (Å²) in [6.45, 7) is 6.23. The first-order valence-corrected chi connectivity index (χ1v) is 8.21. The molecule has 0 spiro atoms. The molecule has 16 heavy (non-hydrogen) atoms. The average Bonchev–Trinajstić information content (AvgIpc) is 1.92. The molecule has 1 saturated carbocycles. The second kappa shape index (κ2) is 5.23. The summed E-state index contributed by atoms with van der Waals surface area (Å²) in [5.41, 5.74) is -0.418. The van der Waals surface area contributed by atoms with Crippen molar-refractivity contribution in [1.82, 2.24) is 0 Å². The molecule has 0 bridgehead atoms. The fourth-order valence-corrected chi connectivity index (χ4v) is 3.81. The lowest BCUT2D eigenvalue weighted by Crippen LogP contribution is -2.33. The van der Waals surface area contributed by atoms with Gasteiger partial charge in [0.25, 0.3) is 0 Å². The molecule has 0 amide bonds. The van der Waals surface area contributed by atoms with Gasteiger partial charge in [-0.15, -0.1) is 0 Å². The molecule has 1 fully saturated rings. The summed E-state index contributed by atoms with van der Waals surface area (Å²) in [7, 11) is 1.80. The molecule has 1 unspecified atom stereocenters. The first-order chi connectivity index (χ1) is 7.20. The number of rotatable bonds is 6. The van der Waals surface area contributed by atoms with Crippen molar-refractivity contribution in [2.75, 3.05) is 12.4 Å². The van der Waals surface area contributed by atoms with E-state index in [1.54, 1.807) is 0 Å². The average molecular weight is 269 g/mol. The van der Waals surface area contributed by atoms with Crippen molar-refractivity contribution in [3.05, 3.63) is 0 Å². The van der Waals surface area contributed by atoms with Crippen LogP contribution in [0.25, 0.3) is 0 Å². The van der Waals surface area contributed by atoms with E-state index >= 15 is 0 Å². The van der Waals surface area contributed by atoms with E-state index in [9.17, 15) is 8.42 Å². The topological polar surface area (TPSA) is 43.4 Å². The lowest BCUT2D eigenvalue weighted by molar-refractivity contribution is -0.0314. The van der Waals surface area contributed by atoms with Gasteiger partial charge in [0.15, 0.2) is 0 Å². The summed E-state index contributed by atoms with van der Waals surface area (Å²) in [5.74, 6) is 0.613. The number of ether oxygens (including phenoxy) is 1. The fourth-order valence-electron chi connectivity index (χ4n) is 1.91. The Kier molecular flexibility index (Phi) is 4.66. The lowest BCUT2D eigenvalue weighted by Gasteiger charge is -2.33. The van der Waals surface area contributed by atoms with Crippen LogP contribution in [0.4, 0.5) is 0 Å². The normalized spacial score (nSPS) is 20.5. The minimum absolute atomic E-state index is 0.0427. The van der Waals surface area contributed by atoms with E-state index in [2.05, 4.69) is 6.92 Å². The summed E-state index contributed by atoms with van der Waals surface area (Å²) in [6, 6.07) is 0. The van der Waals surface area contributed by atoms with Crippen LogP contribution in [0.1, 0.15) is 40.0 Å². The van der Waals surface area contributed by atoms with Gasteiger partial charge in [-0.25, -0.2) is 8.42 Å². The van der Waals surface area contributed by atoms with Crippen molar-refractivity contribution >= 4 is 19.7 Å². The Balaban J connectivity index is 2.34. The molecule has 3 nitrogen and oxygen atoms in total. The van der Waals surface area contributed by atoms with Gasteiger partial charge in [0.2, 0.25) is 9.05 Å². The molecule has 0 heterocycles. The standard InChI is InChI=1S/C11H21ClO3S/c1-9(10-5-4-6-10)15-7-11(2,3)8-16(12,13)14/h9-10H,4-8H2,1-3H3. The zero-order chi connectivity index (χ0) is 12.4. The molecule has 0 aliphatic heterocycles. The molecule has 1 aliphatic rings. The van der Waals surface area contributed by atoms with Crippen LogP contribution < -0.4 is 0 Å². The van der Waals surface area contributed by atoms with Crippen LogP contribution in [-0.2, 0) is 13.8 Å². The van der Waals surface area contributed by atoms with E-state index in [0.717, 1.165) is 0 Å². The predicted molar refractivity (Wildman–Crippen MR) is 66.2 cm³/mol.